The van der Waals surface area contributed by atoms with E-state index in [0.29, 0.717) is 19.0 Å². The van der Waals surface area contributed by atoms with Gasteiger partial charge >= 0.3 is 0 Å². The van der Waals surface area contributed by atoms with Gasteiger partial charge in [0.05, 0.1) is 6.61 Å². The van der Waals surface area contributed by atoms with E-state index in [2.05, 4.69) is 31.9 Å². The molecule has 0 saturated heterocycles. The van der Waals surface area contributed by atoms with Crippen LogP contribution in [0.2, 0.25) is 0 Å². The Hall–Kier alpha value is -1.04. The van der Waals surface area contributed by atoms with Crippen molar-refractivity contribution in [2.45, 2.75) is 6.92 Å². The molecule has 1 N–H and O–H groups in total. The Morgan fingerprint density at radius 1 is 0.857 bits per heavy atom. The van der Waals surface area contributed by atoms with Gasteiger partial charge in [0.25, 0.3) is 0 Å². The van der Waals surface area contributed by atoms with Crippen LogP contribution in [0.4, 0.5) is 0 Å². The topological polar surface area (TPSA) is 38.7 Å². The second-order valence-corrected chi connectivity index (χ2v) is 5.81. The number of ether oxygens (including phenoxy) is 2. The molecule has 2 aromatic rings. The van der Waals surface area contributed by atoms with E-state index in [0.717, 1.165) is 21.3 Å². The number of aromatic hydroxyl groups is 1. The molecule has 0 radical (unpaired) electrons. The largest absolute Gasteiger partial charge is 0.508 e. The number of hydrogen-bond donors (Lipinski definition) is 1. The standard InChI is InChI=1S/C10H13BrO2.C6H5BrO/c1-2-12-7-8-13-10-5-3-9(11)4-6-10;7-5-1-3-6(8)4-2-5/h3-6H,2,7-8H2,1H3;1-4,8H. The highest BCUT2D eigenvalue weighted by Gasteiger charge is 1.92. The first kappa shape index (κ1) is 18.0. The fraction of sp³-hybridized carbons (Fsp3) is 0.250. The molecule has 5 heteroatoms. The van der Waals surface area contributed by atoms with Crippen LogP contribution in [0.5, 0.6) is 11.5 Å². The first-order chi connectivity index (χ1) is 10.1. The van der Waals surface area contributed by atoms with E-state index in [1.807, 2.05) is 31.2 Å². The minimum atomic E-state index is 0.299. The Morgan fingerprint density at radius 2 is 1.38 bits per heavy atom. The van der Waals surface area contributed by atoms with Crippen molar-refractivity contribution in [1.29, 1.82) is 0 Å². The minimum absolute atomic E-state index is 0.299. The molecule has 0 atom stereocenters. The van der Waals surface area contributed by atoms with E-state index in [9.17, 15) is 0 Å². The predicted molar refractivity (Wildman–Crippen MR) is 91.9 cm³/mol. The Morgan fingerprint density at radius 3 is 1.86 bits per heavy atom. The van der Waals surface area contributed by atoms with Crippen molar-refractivity contribution in [2.75, 3.05) is 19.8 Å². The van der Waals surface area contributed by atoms with E-state index < -0.39 is 0 Å². The smallest absolute Gasteiger partial charge is 0.119 e. The van der Waals surface area contributed by atoms with Gasteiger partial charge in [-0.2, -0.15) is 0 Å². The molecule has 3 nitrogen and oxygen atoms in total. The third-order valence-corrected chi connectivity index (χ3v) is 3.40. The maximum Gasteiger partial charge on any atom is 0.119 e. The fourth-order valence-electron chi connectivity index (χ4n) is 1.33. The molecule has 0 aliphatic rings. The zero-order chi connectivity index (χ0) is 15.5. The monoisotopic (exact) mass is 416 g/mol. The van der Waals surface area contributed by atoms with E-state index >= 15 is 0 Å². The summed E-state index contributed by atoms with van der Waals surface area (Å²) in [4.78, 5) is 0. The second kappa shape index (κ2) is 10.7. The summed E-state index contributed by atoms with van der Waals surface area (Å²) in [5.74, 6) is 1.18. The number of benzene rings is 2. The molecule has 0 spiro atoms. The average Bonchev–Trinajstić information content (AvgIpc) is 2.49. The van der Waals surface area contributed by atoms with Gasteiger partial charge in [-0.3, -0.25) is 0 Å². The van der Waals surface area contributed by atoms with Crippen LogP contribution >= 0.6 is 31.9 Å². The van der Waals surface area contributed by atoms with E-state index in [1.165, 1.54) is 0 Å². The maximum atomic E-state index is 8.74. The van der Waals surface area contributed by atoms with Gasteiger partial charge in [-0.1, -0.05) is 31.9 Å². The molecular weight excluding hydrogens is 400 g/mol. The summed E-state index contributed by atoms with van der Waals surface area (Å²) >= 11 is 6.59. The second-order valence-electron chi connectivity index (χ2n) is 3.98. The number of halogens is 2. The zero-order valence-electron chi connectivity index (χ0n) is 11.8. The Kier molecular flexibility index (Phi) is 9.14. The van der Waals surface area contributed by atoms with E-state index in [-0.39, 0.29) is 0 Å². The quantitative estimate of drug-likeness (QED) is 0.694. The Labute approximate surface area is 142 Å². The first-order valence-corrected chi connectivity index (χ1v) is 8.11. The van der Waals surface area contributed by atoms with E-state index in [4.69, 9.17) is 14.6 Å². The van der Waals surface area contributed by atoms with Gasteiger partial charge in [0.1, 0.15) is 18.1 Å². The lowest BCUT2D eigenvalue weighted by atomic mass is 10.3. The lowest BCUT2D eigenvalue weighted by Gasteiger charge is -2.05. The first-order valence-electron chi connectivity index (χ1n) is 6.52. The molecule has 0 bridgehead atoms. The van der Waals surface area contributed by atoms with Crippen LogP contribution in [0.1, 0.15) is 6.92 Å². The van der Waals surface area contributed by atoms with Crippen LogP contribution in [-0.4, -0.2) is 24.9 Å². The van der Waals surface area contributed by atoms with Crippen molar-refractivity contribution in [3.05, 3.63) is 57.5 Å². The fourth-order valence-corrected chi connectivity index (χ4v) is 1.86. The number of phenolic OH excluding ortho intramolecular Hbond substituents is 1. The predicted octanol–water partition coefficient (Wildman–Crippen LogP) is 5.02. The Balaban J connectivity index is 0.000000235. The molecule has 0 heterocycles. The van der Waals surface area contributed by atoms with Gasteiger partial charge < -0.3 is 14.6 Å². The molecule has 0 saturated carbocycles. The van der Waals surface area contributed by atoms with Gasteiger partial charge in [0.2, 0.25) is 0 Å². The third kappa shape index (κ3) is 8.75. The van der Waals surface area contributed by atoms with E-state index in [1.54, 1.807) is 24.3 Å². The summed E-state index contributed by atoms with van der Waals surface area (Å²) in [7, 11) is 0. The number of hydrogen-bond acceptors (Lipinski definition) is 3. The summed E-state index contributed by atoms with van der Waals surface area (Å²) in [5.41, 5.74) is 0. The van der Waals surface area contributed by atoms with Crippen LogP contribution in [0.25, 0.3) is 0 Å². The van der Waals surface area contributed by atoms with Crippen molar-refractivity contribution >= 4 is 31.9 Å². The highest BCUT2D eigenvalue weighted by molar-refractivity contribution is 9.10. The summed E-state index contributed by atoms with van der Waals surface area (Å²) in [6.45, 7) is 3.96. The molecule has 2 rings (SSSR count). The molecule has 0 aliphatic carbocycles. The number of rotatable bonds is 5. The minimum Gasteiger partial charge on any atom is -0.508 e. The van der Waals surface area contributed by atoms with Crippen LogP contribution < -0.4 is 4.74 Å². The highest BCUT2D eigenvalue weighted by Crippen LogP contribution is 2.15. The highest BCUT2D eigenvalue weighted by atomic mass is 79.9. The lowest BCUT2D eigenvalue weighted by Crippen LogP contribution is -2.05. The average molecular weight is 418 g/mol. The van der Waals surface area contributed by atoms with Crippen LogP contribution in [0, 0.1) is 0 Å². The molecule has 0 unspecified atom stereocenters. The van der Waals surface area contributed by atoms with Crippen LogP contribution in [-0.2, 0) is 4.74 Å². The normalized spacial score (nSPS) is 9.67. The molecule has 0 fully saturated rings. The van der Waals surface area contributed by atoms with Gasteiger partial charge in [-0.15, -0.1) is 0 Å². The van der Waals surface area contributed by atoms with Gasteiger partial charge in [0, 0.05) is 15.6 Å². The van der Waals surface area contributed by atoms with Gasteiger partial charge in [-0.05, 0) is 55.5 Å². The molecule has 0 aromatic heterocycles. The SMILES string of the molecule is CCOCCOc1ccc(Br)cc1.Oc1ccc(Br)cc1. The third-order valence-electron chi connectivity index (χ3n) is 2.34. The van der Waals surface area contributed by atoms with Gasteiger partial charge in [0.15, 0.2) is 0 Å². The van der Waals surface area contributed by atoms with Crippen LogP contribution in [0.15, 0.2) is 57.5 Å². The molecule has 21 heavy (non-hydrogen) atoms. The van der Waals surface area contributed by atoms with Crippen molar-refractivity contribution in [3.8, 4) is 11.5 Å². The lowest BCUT2D eigenvalue weighted by molar-refractivity contribution is 0.110. The van der Waals surface area contributed by atoms with Gasteiger partial charge in [-0.25, -0.2) is 0 Å². The molecule has 114 valence electrons. The zero-order valence-corrected chi connectivity index (χ0v) is 14.9. The van der Waals surface area contributed by atoms with Crippen molar-refractivity contribution < 1.29 is 14.6 Å². The van der Waals surface area contributed by atoms with Crippen molar-refractivity contribution in [3.63, 3.8) is 0 Å². The maximum absolute atomic E-state index is 8.74. The summed E-state index contributed by atoms with van der Waals surface area (Å²) in [6.07, 6.45) is 0. The molecule has 0 aliphatic heterocycles. The van der Waals surface area contributed by atoms with Crippen LogP contribution in [0.3, 0.4) is 0 Å². The van der Waals surface area contributed by atoms with Crippen molar-refractivity contribution in [2.24, 2.45) is 0 Å². The molecule has 2 aromatic carbocycles. The summed E-state index contributed by atoms with van der Waals surface area (Å²) < 4.78 is 12.6. The number of phenols is 1. The van der Waals surface area contributed by atoms with Crippen molar-refractivity contribution in [1.82, 2.24) is 0 Å². The molecular formula is C16H18Br2O3. The summed E-state index contributed by atoms with van der Waals surface area (Å²) in [5, 5.41) is 8.74. The Bertz CT molecular complexity index is 477. The summed E-state index contributed by atoms with van der Waals surface area (Å²) in [6, 6.07) is 14.6. The molecule has 0 amide bonds.